The van der Waals surface area contributed by atoms with Gasteiger partial charge in [-0.1, -0.05) is 6.07 Å². The second-order valence-corrected chi connectivity index (χ2v) is 6.37. The highest BCUT2D eigenvalue weighted by Crippen LogP contribution is 2.28. The molecule has 22 heavy (non-hydrogen) atoms. The quantitative estimate of drug-likeness (QED) is 0.450. The highest BCUT2D eigenvalue weighted by atomic mass is 32.1. The predicted molar refractivity (Wildman–Crippen MR) is 87.9 cm³/mol. The lowest BCUT2D eigenvalue weighted by Crippen LogP contribution is -2.15. The molecule has 3 rings (SSSR count). The molecule has 0 saturated carbocycles. The third kappa shape index (κ3) is 3.02. The van der Waals surface area contributed by atoms with E-state index in [-0.39, 0.29) is 11.6 Å². The Balaban J connectivity index is 1.77. The fourth-order valence-corrected chi connectivity index (χ4v) is 3.35. The summed E-state index contributed by atoms with van der Waals surface area (Å²) < 4.78 is 0.818. The Bertz CT molecular complexity index is 869. The molecule has 0 radical (unpaired) electrons. The van der Waals surface area contributed by atoms with Gasteiger partial charge in [0.15, 0.2) is 0 Å². The minimum Gasteiger partial charge on any atom is -0.266 e. The van der Waals surface area contributed by atoms with Crippen molar-refractivity contribution in [2.45, 2.75) is 0 Å². The molecule has 0 bridgehead atoms. The van der Waals surface area contributed by atoms with Crippen LogP contribution in [0.2, 0.25) is 0 Å². The molecule has 2 aromatic heterocycles. The molecular formula is C14H9N3O3S2. The molecule has 0 fully saturated rings. The molecule has 0 aliphatic heterocycles. The molecule has 1 N–H and O–H groups in total. The summed E-state index contributed by atoms with van der Waals surface area (Å²) in [4.78, 5) is 23.7. The second kappa shape index (κ2) is 6.04. The van der Waals surface area contributed by atoms with Crippen molar-refractivity contribution < 1.29 is 9.72 Å². The first kappa shape index (κ1) is 14.4. The standard InChI is InChI=1S/C14H9N3O3S2/c18-14(16-15-8-11-2-1-5-21-11)13-7-9-6-10(17(19)20)3-4-12(9)22-13/h1-8H,(H,16,18)/b15-8-. The van der Waals surface area contributed by atoms with E-state index in [1.165, 1.54) is 34.8 Å². The van der Waals surface area contributed by atoms with Crippen molar-refractivity contribution in [3.63, 3.8) is 0 Å². The van der Waals surface area contributed by atoms with E-state index < -0.39 is 4.92 Å². The van der Waals surface area contributed by atoms with Crippen molar-refractivity contribution in [1.82, 2.24) is 5.43 Å². The van der Waals surface area contributed by atoms with Crippen LogP contribution in [0.1, 0.15) is 14.5 Å². The smallest absolute Gasteiger partial charge is 0.266 e. The summed E-state index contributed by atoms with van der Waals surface area (Å²) in [5.41, 5.74) is 2.46. The van der Waals surface area contributed by atoms with Gasteiger partial charge in [0.25, 0.3) is 11.6 Å². The summed E-state index contributed by atoms with van der Waals surface area (Å²) in [7, 11) is 0. The number of amides is 1. The van der Waals surface area contributed by atoms with Gasteiger partial charge in [0.2, 0.25) is 0 Å². The van der Waals surface area contributed by atoms with Crippen LogP contribution >= 0.6 is 22.7 Å². The molecule has 0 saturated heterocycles. The van der Waals surface area contributed by atoms with Crippen LogP contribution in [0.5, 0.6) is 0 Å². The Kier molecular flexibility index (Phi) is 3.94. The van der Waals surface area contributed by atoms with E-state index in [1.54, 1.807) is 18.3 Å². The molecule has 0 atom stereocenters. The number of rotatable bonds is 4. The maximum Gasteiger partial charge on any atom is 0.281 e. The van der Waals surface area contributed by atoms with Crippen LogP contribution < -0.4 is 5.43 Å². The SMILES string of the molecule is O=C(N/N=C\c1cccs1)c1cc2cc([N+](=O)[O-])ccc2s1. The van der Waals surface area contributed by atoms with Crippen LogP contribution in [0.4, 0.5) is 5.69 Å². The van der Waals surface area contributed by atoms with Crippen LogP contribution in [-0.2, 0) is 0 Å². The predicted octanol–water partition coefficient (Wildman–Crippen LogP) is 3.63. The van der Waals surface area contributed by atoms with E-state index >= 15 is 0 Å². The van der Waals surface area contributed by atoms with E-state index in [0.717, 1.165) is 9.58 Å². The maximum atomic E-state index is 12.0. The summed E-state index contributed by atoms with van der Waals surface area (Å²) in [6.07, 6.45) is 1.57. The van der Waals surface area contributed by atoms with Crippen molar-refractivity contribution >= 4 is 50.6 Å². The molecule has 0 unspecified atom stereocenters. The average molecular weight is 331 g/mol. The molecule has 1 aromatic carbocycles. The van der Waals surface area contributed by atoms with Gasteiger partial charge in [0.05, 0.1) is 16.0 Å². The number of nitrogens with zero attached hydrogens (tertiary/aromatic N) is 2. The number of hydrogen-bond donors (Lipinski definition) is 1. The van der Waals surface area contributed by atoms with Crippen molar-refractivity contribution in [2.75, 3.05) is 0 Å². The number of thiophene rings is 2. The van der Waals surface area contributed by atoms with Gasteiger partial charge in [0.1, 0.15) is 0 Å². The Labute approximate surface area is 132 Å². The van der Waals surface area contributed by atoms with Crippen molar-refractivity contribution in [3.05, 3.63) is 61.6 Å². The number of nitro benzene ring substituents is 1. The average Bonchev–Trinajstić information content (AvgIpc) is 3.15. The molecule has 1 amide bonds. The van der Waals surface area contributed by atoms with E-state index in [4.69, 9.17) is 0 Å². The Morgan fingerprint density at radius 2 is 2.18 bits per heavy atom. The van der Waals surface area contributed by atoms with Gasteiger partial charge in [0, 0.05) is 27.1 Å². The Morgan fingerprint density at radius 1 is 1.32 bits per heavy atom. The molecule has 0 aliphatic carbocycles. The number of nitrogens with one attached hydrogen (secondary N) is 1. The van der Waals surface area contributed by atoms with Crippen molar-refractivity contribution in [3.8, 4) is 0 Å². The number of nitro groups is 1. The zero-order valence-corrected chi connectivity index (χ0v) is 12.7. The van der Waals surface area contributed by atoms with Crippen LogP contribution in [-0.4, -0.2) is 17.0 Å². The number of carbonyl (C=O) groups excluding carboxylic acids is 1. The molecule has 110 valence electrons. The van der Waals surface area contributed by atoms with Gasteiger partial charge in [-0.2, -0.15) is 5.10 Å². The first-order chi connectivity index (χ1) is 10.6. The third-order valence-electron chi connectivity index (χ3n) is 2.84. The number of benzene rings is 1. The molecular weight excluding hydrogens is 322 g/mol. The first-order valence-electron chi connectivity index (χ1n) is 6.18. The third-order valence-corrected chi connectivity index (χ3v) is 4.76. The molecule has 2 heterocycles. The number of carbonyl (C=O) groups is 1. The summed E-state index contributed by atoms with van der Waals surface area (Å²) in [5, 5.41) is 17.2. The monoisotopic (exact) mass is 331 g/mol. The van der Waals surface area contributed by atoms with E-state index in [2.05, 4.69) is 10.5 Å². The normalized spacial score (nSPS) is 11.1. The fraction of sp³-hybridized carbons (Fsp3) is 0. The summed E-state index contributed by atoms with van der Waals surface area (Å²) in [6.45, 7) is 0. The summed E-state index contributed by atoms with van der Waals surface area (Å²) >= 11 is 2.78. The van der Waals surface area contributed by atoms with Crippen LogP contribution in [0.15, 0.2) is 46.9 Å². The molecule has 3 aromatic rings. The molecule has 0 aliphatic rings. The highest BCUT2D eigenvalue weighted by molar-refractivity contribution is 7.20. The molecule has 6 nitrogen and oxygen atoms in total. The van der Waals surface area contributed by atoms with Crippen LogP contribution in [0, 0.1) is 10.1 Å². The van der Waals surface area contributed by atoms with Crippen molar-refractivity contribution in [1.29, 1.82) is 0 Å². The van der Waals surface area contributed by atoms with Crippen LogP contribution in [0.25, 0.3) is 10.1 Å². The number of hydrogen-bond acceptors (Lipinski definition) is 6. The lowest BCUT2D eigenvalue weighted by molar-refractivity contribution is -0.384. The molecule has 8 heteroatoms. The number of non-ortho nitro benzene ring substituents is 1. The number of hydrazone groups is 1. The Morgan fingerprint density at radius 3 is 2.91 bits per heavy atom. The number of fused-ring (bicyclic) bond motifs is 1. The zero-order chi connectivity index (χ0) is 15.5. The maximum absolute atomic E-state index is 12.0. The van der Waals surface area contributed by atoms with Crippen molar-refractivity contribution in [2.24, 2.45) is 5.10 Å². The van der Waals surface area contributed by atoms with Gasteiger partial charge < -0.3 is 0 Å². The summed E-state index contributed by atoms with van der Waals surface area (Å²) in [5.74, 6) is -0.336. The topological polar surface area (TPSA) is 84.6 Å². The van der Waals surface area contributed by atoms with E-state index in [9.17, 15) is 14.9 Å². The van der Waals surface area contributed by atoms with Gasteiger partial charge >= 0.3 is 0 Å². The Hall–Kier alpha value is -2.58. The lowest BCUT2D eigenvalue weighted by Gasteiger charge is -1.93. The minimum atomic E-state index is -0.456. The largest absolute Gasteiger partial charge is 0.281 e. The van der Waals surface area contributed by atoms with Gasteiger partial charge in [-0.05, 0) is 23.6 Å². The van der Waals surface area contributed by atoms with Gasteiger partial charge in [-0.25, -0.2) is 5.43 Å². The second-order valence-electron chi connectivity index (χ2n) is 4.30. The van der Waals surface area contributed by atoms with Gasteiger partial charge in [-0.15, -0.1) is 22.7 Å². The first-order valence-corrected chi connectivity index (χ1v) is 7.88. The highest BCUT2D eigenvalue weighted by Gasteiger charge is 2.12. The minimum absolute atomic E-state index is 0.00738. The van der Waals surface area contributed by atoms with Crippen LogP contribution in [0.3, 0.4) is 0 Å². The molecule has 0 spiro atoms. The van der Waals surface area contributed by atoms with Gasteiger partial charge in [-0.3, -0.25) is 14.9 Å². The lowest BCUT2D eigenvalue weighted by atomic mass is 10.2. The summed E-state index contributed by atoms with van der Waals surface area (Å²) in [6, 6.07) is 9.94. The fourth-order valence-electron chi connectivity index (χ4n) is 1.83. The van der Waals surface area contributed by atoms with E-state index in [0.29, 0.717) is 10.3 Å². The van der Waals surface area contributed by atoms with E-state index in [1.807, 2.05) is 17.5 Å². The zero-order valence-electron chi connectivity index (χ0n) is 11.1.